The van der Waals surface area contributed by atoms with Gasteiger partial charge in [-0.3, -0.25) is 9.36 Å². The highest BCUT2D eigenvalue weighted by atomic mass is 35.5. The van der Waals surface area contributed by atoms with Gasteiger partial charge in [-0.25, -0.2) is 18.7 Å². The van der Waals surface area contributed by atoms with E-state index in [9.17, 15) is 37.1 Å². The van der Waals surface area contributed by atoms with Crippen LogP contribution >= 0.6 is 11.6 Å². The first-order valence-electron chi connectivity index (χ1n) is 11.0. The maximum atomic E-state index is 14.4. The summed E-state index contributed by atoms with van der Waals surface area (Å²) in [7, 11) is 0. The van der Waals surface area contributed by atoms with Gasteiger partial charge in [0.15, 0.2) is 11.9 Å². The standard InChI is InChI=1S/C23H22ClF4N5O5/c24-14-7-5-13(6-8-14)20-31-33(22(37)32(20)11-18(34)23(26,27)28)12-19(35)30-17(9-10-38-21(29)36)15-3-1-2-4-16(15)25/h1-8,17-18,34H,9-12H2,(H2,29,36)(H,30,35). The number of benzene rings is 2. The van der Waals surface area contributed by atoms with Crippen LogP contribution in [0.3, 0.4) is 0 Å². The summed E-state index contributed by atoms with van der Waals surface area (Å²) in [5, 5.41) is 16.4. The molecule has 0 spiro atoms. The summed E-state index contributed by atoms with van der Waals surface area (Å²) in [6.45, 7) is -2.19. The normalized spacial score (nSPS) is 13.1. The van der Waals surface area contributed by atoms with Crippen LogP contribution in [0.1, 0.15) is 18.0 Å². The fraction of sp³-hybridized carbons (Fsp3) is 0.304. The van der Waals surface area contributed by atoms with Crippen molar-refractivity contribution >= 4 is 23.6 Å². The van der Waals surface area contributed by atoms with Crippen molar-refractivity contribution < 1.29 is 37.0 Å². The van der Waals surface area contributed by atoms with Gasteiger partial charge in [0.25, 0.3) is 0 Å². The van der Waals surface area contributed by atoms with E-state index in [0.717, 1.165) is 6.07 Å². The van der Waals surface area contributed by atoms with E-state index in [2.05, 4.69) is 15.2 Å². The van der Waals surface area contributed by atoms with Gasteiger partial charge in [0.05, 0.1) is 19.2 Å². The fourth-order valence-electron chi connectivity index (χ4n) is 3.51. The number of aromatic nitrogens is 3. The highest BCUT2D eigenvalue weighted by molar-refractivity contribution is 6.30. The first-order valence-corrected chi connectivity index (χ1v) is 11.4. The number of hydrogen-bond donors (Lipinski definition) is 3. The number of nitrogens with two attached hydrogens (primary N) is 1. The zero-order valence-corrected chi connectivity index (χ0v) is 20.2. The molecule has 0 saturated heterocycles. The van der Waals surface area contributed by atoms with E-state index < -0.39 is 54.9 Å². The lowest BCUT2D eigenvalue weighted by Crippen LogP contribution is -2.39. The lowest BCUT2D eigenvalue weighted by molar-refractivity contribution is -0.207. The minimum absolute atomic E-state index is 0.0574. The van der Waals surface area contributed by atoms with Crippen LogP contribution in [0.15, 0.2) is 53.3 Å². The molecule has 204 valence electrons. The molecule has 0 bridgehead atoms. The van der Waals surface area contributed by atoms with Crippen molar-refractivity contribution in [2.45, 2.75) is 37.8 Å². The smallest absolute Gasteiger partial charge is 0.416 e. The molecule has 0 aliphatic carbocycles. The lowest BCUT2D eigenvalue weighted by Gasteiger charge is -2.19. The Morgan fingerprint density at radius 2 is 1.82 bits per heavy atom. The molecule has 2 unspecified atom stereocenters. The Hall–Kier alpha value is -3.91. The average molecular weight is 560 g/mol. The third kappa shape index (κ3) is 7.32. The van der Waals surface area contributed by atoms with E-state index in [4.69, 9.17) is 17.3 Å². The van der Waals surface area contributed by atoms with E-state index in [-0.39, 0.29) is 30.0 Å². The van der Waals surface area contributed by atoms with E-state index in [0.29, 0.717) is 14.3 Å². The van der Waals surface area contributed by atoms with Gasteiger partial charge in [0.2, 0.25) is 5.91 Å². The van der Waals surface area contributed by atoms with Crippen LogP contribution in [0.4, 0.5) is 22.4 Å². The molecule has 2 atom stereocenters. The van der Waals surface area contributed by atoms with Crippen LogP contribution in [0.2, 0.25) is 5.02 Å². The molecule has 3 rings (SSSR count). The van der Waals surface area contributed by atoms with Gasteiger partial charge >= 0.3 is 18.0 Å². The SMILES string of the molecule is NC(=O)OCCC(NC(=O)Cn1nc(-c2ccc(Cl)cc2)n(CC(O)C(F)(F)F)c1=O)c1ccccc1F. The molecule has 1 heterocycles. The number of aliphatic hydroxyl groups excluding tert-OH is 1. The van der Waals surface area contributed by atoms with Gasteiger partial charge in [-0.1, -0.05) is 29.8 Å². The number of nitrogens with zero attached hydrogens (tertiary/aromatic N) is 3. The Morgan fingerprint density at radius 3 is 2.42 bits per heavy atom. The van der Waals surface area contributed by atoms with Crippen molar-refractivity contribution in [1.29, 1.82) is 0 Å². The largest absolute Gasteiger partial charge is 0.450 e. The summed E-state index contributed by atoms with van der Waals surface area (Å²) in [5.74, 6) is -1.75. The van der Waals surface area contributed by atoms with Crippen molar-refractivity contribution in [3.8, 4) is 11.4 Å². The molecule has 0 fully saturated rings. The molecule has 2 amide bonds. The summed E-state index contributed by atoms with van der Waals surface area (Å²) >= 11 is 5.85. The summed E-state index contributed by atoms with van der Waals surface area (Å²) in [6.07, 6.45) is -9.05. The van der Waals surface area contributed by atoms with Gasteiger partial charge < -0.3 is 20.9 Å². The molecule has 0 saturated carbocycles. The summed E-state index contributed by atoms with van der Waals surface area (Å²) < 4.78 is 59.3. The molecule has 15 heteroatoms. The molecule has 10 nitrogen and oxygen atoms in total. The van der Waals surface area contributed by atoms with Gasteiger partial charge in [-0.15, -0.1) is 5.10 Å². The van der Waals surface area contributed by atoms with Crippen molar-refractivity contribution in [2.75, 3.05) is 6.61 Å². The monoisotopic (exact) mass is 559 g/mol. The summed E-state index contributed by atoms with van der Waals surface area (Å²) in [6, 6.07) is 10.1. The number of halogens is 5. The van der Waals surface area contributed by atoms with Crippen molar-refractivity contribution in [1.82, 2.24) is 19.7 Å². The second-order valence-corrected chi connectivity index (χ2v) is 8.47. The number of hydrogen-bond acceptors (Lipinski definition) is 6. The highest BCUT2D eigenvalue weighted by Gasteiger charge is 2.39. The number of rotatable bonds is 10. The molecule has 3 aromatic rings. The molecule has 0 aliphatic heterocycles. The highest BCUT2D eigenvalue weighted by Crippen LogP contribution is 2.24. The minimum atomic E-state index is -5.02. The van der Waals surface area contributed by atoms with Crippen LogP contribution in [0.5, 0.6) is 0 Å². The molecule has 4 N–H and O–H groups in total. The molecule has 0 radical (unpaired) electrons. The predicted octanol–water partition coefficient (Wildman–Crippen LogP) is 2.77. The van der Waals surface area contributed by atoms with Crippen LogP contribution in [-0.2, 0) is 22.6 Å². The van der Waals surface area contributed by atoms with Crippen molar-refractivity contribution in [2.24, 2.45) is 5.73 Å². The fourth-order valence-corrected chi connectivity index (χ4v) is 3.64. The quantitative estimate of drug-likeness (QED) is 0.326. The number of ether oxygens (including phenoxy) is 1. The molecule has 38 heavy (non-hydrogen) atoms. The predicted molar refractivity (Wildman–Crippen MR) is 126 cm³/mol. The molecular formula is C23H22ClF4N5O5. The van der Waals surface area contributed by atoms with Crippen LogP contribution in [-0.4, -0.2) is 50.3 Å². The maximum Gasteiger partial charge on any atom is 0.416 e. The zero-order valence-electron chi connectivity index (χ0n) is 19.5. The van der Waals surface area contributed by atoms with E-state index >= 15 is 0 Å². The van der Waals surface area contributed by atoms with Crippen LogP contribution in [0, 0.1) is 5.82 Å². The minimum Gasteiger partial charge on any atom is -0.450 e. The molecule has 2 aromatic carbocycles. The number of aliphatic hydroxyl groups is 1. The van der Waals surface area contributed by atoms with Gasteiger partial charge in [-0.2, -0.15) is 13.2 Å². The van der Waals surface area contributed by atoms with E-state index in [1.807, 2.05) is 0 Å². The number of amides is 2. The number of primary amides is 1. The second-order valence-electron chi connectivity index (χ2n) is 8.04. The number of carbonyl (C=O) groups excluding carboxylic acids is 2. The molecule has 0 aliphatic rings. The average Bonchev–Trinajstić information content (AvgIpc) is 3.13. The first kappa shape index (κ1) is 28.7. The number of nitrogens with one attached hydrogen (secondary N) is 1. The van der Waals surface area contributed by atoms with Gasteiger partial charge in [-0.05, 0) is 30.3 Å². The van der Waals surface area contributed by atoms with Crippen molar-refractivity contribution in [3.63, 3.8) is 0 Å². The Kier molecular flexibility index (Phi) is 9.12. The zero-order chi connectivity index (χ0) is 28.0. The first-order chi connectivity index (χ1) is 17.9. The Labute approximate surface area is 217 Å². The summed E-state index contributed by atoms with van der Waals surface area (Å²) in [5.41, 5.74) is 4.09. The molecule has 1 aromatic heterocycles. The Morgan fingerprint density at radius 1 is 1.16 bits per heavy atom. The second kappa shape index (κ2) is 12.1. The topological polar surface area (TPSA) is 141 Å². The van der Waals surface area contributed by atoms with Crippen LogP contribution < -0.4 is 16.7 Å². The molecular weight excluding hydrogens is 538 g/mol. The van der Waals surface area contributed by atoms with Gasteiger partial charge in [0, 0.05) is 22.6 Å². The lowest BCUT2D eigenvalue weighted by atomic mass is 10.0. The van der Waals surface area contributed by atoms with Gasteiger partial charge in [0.1, 0.15) is 12.4 Å². The third-order valence-electron chi connectivity index (χ3n) is 5.32. The van der Waals surface area contributed by atoms with E-state index in [1.54, 1.807) is 0 Å². The Balaban J connectivity index is 1.90. The Bertz CT molecular complexity index is 1340. The third-order valence-corrected chi connectivity index (χ3v) is 5.57. The number of alkyl halides is 3. The van der Waals surface area contributed by atoms with Crippen LogP contribution in [0.25, 0.3) is 11.4 Å². The number of carbonyl (C=O) groups is 2. The maximum absolute atomic E-state index is 14.4. The summed E-state index contributed by atoms with van der Waals surface area (Å²) in [4.78, 5) is 36.6. The van der Waals surface area contributed by atoms with E-state index in [1.165, 1.54) is 42.5 Å². The van der Waals surface area contributed by atoms with Crippen molar-refractivity contribution in [3.05, 3.63) is 75.4 Å².